The Kier molecular flexibility index (Phi) is 13.6. The van der Waals surface area contributed by atoms with Crippen molar-refractivity contribution in [3.8, 4) is 0 Å². The lowest BCUT2D eigenvalue weighted by Gasteiger charge is -2.29. The third-order valence-corrected chi connectivity index (χ3v) is 5.61. The van der Waals surface area contributed by atoms with E-state index in [1.807, 2.05) is 0 Å². The smallest absolute Gasteiger partial charge is 0.220 e. The van der Waals surface area contributed by atoms with Crippen molar-refractivity contribution in [2.24, 2.45) is 5.92 Å². The topological polar surface area (TPSA) is 44.4 Å². The van der Waals surface area contributed by atoms with Crippen LogP contribution in [0.1, 0.15) is 51.1 Å². The SMILES string of the molecule is CCN(CC)C(CNC(=O)CCC1CCNCC1)c1ccsc1.Cl.Cl. The van der Waals surface area contributed by atoms with Crippen molar-refractivity contribution in [1.29, 1.82) is 0 Å². The zero-order chi connectivity index (χ0) is 16.5. The molecule has 1 aromatic rings. The summed E-state index contributed by atoms with van der Waals surface area (Å²) in [7, 11) is 0. The van der Waals surface area contributed by atoms with E-state index in [0.29, 0.717) is 19.0 Å². The number of nitrogens with zero attached hydrogens (tertiary/aromatic N) is 1. The second-order valence-corrected chi connectivity index (χ2v) is 7.11. The molecule has 146 valence electrons. The first-order valence-corrected chi connectivity index (χ1v) is 9.92. The van der Waals surface area contributed by atoms with Crippen LogP contribution in [0, 0.1) is 5.92 Å². The highest BCUT2D eigenvalue weighted by Crippen LogP contribution is 2.22. The van der Waals surface area contributed by atoms with Gasteiger partial charge < -0.3 is 10.6 Å². The standard InChI is InChI=1S/C18H31N3OS.2ClH/c1-3-21(4-2)17(16-9-12-23-14-16)13-20-18(22)6-5-15-7-10-19-11-8-15;;/h9,12,14-15,17,19H,3-8,10-11,13H2,1-2H3,(H,20,22);2*1H. The fraction of sp³-hybridized carbons (Fsp3) is 0.722. The Morgan fingerprint density at radius 3 is 2.56 bits per heavy atom. The average Bonchev–Trinajstić information content (AvgIpc) is 3.12. The van der Waals surface area contributed by atoms with Crippen molar-refractivity contribution in [1.82, 2.24) is 15.5 Å². The van der Waals surface area contributed by atoms with E-state index >= 15 is 0 Å². The molecule has 1 aliphatic heterocycles. The van der Waals surface area contributed by atoms with E-state index in [-0.39, 0.29) is 30.7 Å². The summed E-state index contributed by atoms with van der Waals surface area (Å²) in [6.45, 7) is 9.29. The largest absolute Gasteiger partial charge is 0.354 e. The minimum atomic E-state index is 0. The zero-order valence-electron chi connectivity index (χ0n) is 15.3. The summed E-state index contributed by atoms with van der Waals surface area (Å²) in [6.07, 6.45) is 4.12. The number of nitrogens with one attached hydrogen (secondary N) is 2. The molecule has 1 amide bonds. The van der Waals surface area contributed by atoms with Gasteiger partial charge in [-0.15, -0.1) is 24.8 Å². The predicted octanol–water partition coefficient (Wildman–Crippen LogP) is 3.87. The lowest BCUT2D eigenvalue weighted by Crippen LogP contribution is -2.38. The van der Waals surface area contributed by atoms with E-state index in [1.165, 1.54) is 18.4 Å². The number of likely N-dealkylation sites (N-methyl/N-ethyl adjacent to an activating group) is 1. The maximum absolute atomic E-state index is 12.2. The zero-order valence-corrected chi connectivity index (χ0v) is 17.8. The van der Waals surface area contributed by atoms with Crippen LogP contribution in [0.25, 0.3) is 0 Å². The van der Waals surface area contributed by atoms with Crippen molar-refractivity contribution in [2.75, 3.05) is 32.7 Å². The van der Waals surface area contributed by atoms with Gasteiger partial charge in [0.25, 0.3) is 0 Å². The minimum Gasteiger partial charge on any atom is -0.354 e. The van der Waals surface area contributed by atoms with Crippen molar-refractivity contribution < 1.29 is 4.79 Å². The number of carbonyl (C=O) groups is 1. The van der Waals surface area contributed by atoms with Crippen LogP contribution < -0.4 is 10.6 Å². The fourth-order valence-corrected chi connectivity index (χ4v) is 4.10. The van der Waals surface area contributed by atoms with E-state index in [9.17, 15) is 4.79 Å². The highest BCUT2D eigenvalue weighted by atomic mass is 35.5. The first kappa shape index (κ1) is 24.7. The molecule has 25 heavy (non-hydrogen) atoms. The quantitative estimate of drug-likeness (QED) is 0.650. The molecule has 1 aromatic heterocycles. The molecular weight excluding hydrogens is 377 g/mol. The Morgan fingerprint density at radius 1 is 1.32 bits per heavy atom. The Labute approximate surface area is 169 Å². The third-order valence-electron chi connectivity index (χ3n) is 4.91. The number of amides is 1. The summed E-state index contributed by atoms with van der Waals surface area (Å²) in [5.74, 6) is 0.924. The number of thiophene rings is 1. The summed E-state index contributed by atoms with van der Waals surface area (Å²) in [4.78, 5) is 14.6. The molecule has 2 rings (SSSR count). The van der Waals surface area contributed by atoms with Crippen LogP contribution in [0.2, 0.25) is 0 Å². The maximum atomic E-state index is 12.2. The van der Waals surface area contributed by atoms with Gasteiger partial charge in [-0.1, -0.05) is 13.8 Å². The minimum absolute atomic E-state index is 0. The van der Waals surface area contributed by atoms with Crippen LogP contribution in [0.3, 0.4) is 0 Å². The summed E-state index contributed by atoms with van der Waals surface area (Å²) in [6, 6.07) is 2.47. The van der Waals surface area contributed by atoms with Gasteiger partial charge in [0, 0.05) is 13.0 Å². The van der Waals surface area contributed by atoms with Crippen LogP contribution in [0.5, 0.6) is 0 Å². The molecule has 1 fully saturated rings. The van der Waals surface area contributed by atoms with Crippen LogP contribution >= 0.6 is 36.2 Å². The molecule has 2 heterocycles. The molecule has 1 saturated heterocycles. The summed E-state index contributed by atoms with van der Waals surface area (Å²) < 4.78 is 0. The van der Waals surface area contributed by atoms with E-state index in [4.69, 9.17) is 0 Å². The molecular formula is C18H33Cl2N3OS. The van der Waals surface area contributed by atoms with Gasteiger partial charge in [0.2, 0.25) is 5.91 Å². The lowest BCUT2D eigenvalue weighted by atomic mass is 9.93. The van der Waals surface area contributed by atoms with Gasteiger partial charge in [0.1, 0.15) is 0 Å². The van der Waals surface area contributed by atoms with E-state index in [2.05, 4.69) is 46.2 Å². The number of rotatable bonds is 9. The number of halogens is 2. The Bertz CT molecular complexity index is 449. The first-order valence-electron chi connectivity index (χ1n) is 8.98. The maximum Gasteiger partial charge on any atom is 0.220 e. The van der Waals surface area contributed by atoms with Gasteiger partial charge >= 0.3 is 0 Å². The molecule has 1 aliphatic rings. The average molecular weight is 410 g/mol. The predicted molar refractivity (Wildman–Crippen MR) is 112 cm³/mol. The van der Waals surface area contributed by atoms with Crippen molar-refractivity contribution in [2.45, 2.75) is 45.6 Å². The lowest BCUT2D eigenvalue weighted by molar-refractivity contribution is -0.121. The van der Waals surface area contributed by atoms with Gasteiger partial charge in [-0.25, -0.2) is 0 Å². The molecule has 1 atom stereocenters. The molecule has 0 aliphatic carbocycles. The normalized spacial score (nSPS) is 16.0. The van der Waals surface area contributed by atoms with Gasteiger partial charge in [-0.2, -0.15) is 11.3 Å². The Hall–Kier alpha value is -0.330. The highest BCUT2D eigenvalue weighted by Gasteiger charge is 2.20. The number of hydrogen-bond donors (Lipinski definition) is 2. The first-order chi connectivity index (χ1) is 11.2. The van der Waals surface area contributed by atoms with Gasteiger partial charge in [-0.05, 0) is 73.7 Å². The van der Waals surface area contributed by atoms with Crippen LogP contribution in [0.15, 0.2) is 16.8 Å². The number of carbonyl (C=O) groups excluding carboxylic acids is 1. The monoisotopic (exact) mass is 409 g/mol. The highest BCUT2D eigenvalue weighted by molar-refractivity contribution is 7.07. The third kappa shape index (κ3) is 8.27. The summed E-state index contributed by atoms with van der Waals surface area (Å²) in [5.41, 5.74) is 1.32. The van der Waals surface area contributed by atoms with E-state index in [0.717, 1.165) is 38.5 Å². The molecule has 0 saturated carbocycles. The Morgan fingerprint density at radius 2 is 2.00 bits per heavy atom. The van der Waals surface area contributed by atoms with Crippen molar-refractivity contribution in [3.63, 3.8) is 0 Å². The number of hydrogen-bond acceptors (Lipinski definition) is 4. The fourth-order valence-electron chi connectivity index (χ4n) is 3.39. The second kappa shape index (κ2) is 13.8. The second-order valence-electron chi connectivity index (χ2n) is 6.33. The Balaban J connectivity index is 0.00000288. The molecule has 0 aromatic carbocycles. The van der Waals surface area contributed by atoms with Crippen molar-refractivity contribution in [3.05, 3.63) is 22.4 Å². The molecule has 0 bridgehead atoms. The molecule has 2 N–H and O–H groups in total. The van der Waals surface area contributed by atoms with Crippen molar-refractivity contribution >= 4 is 42.1 Å². The number of piperidine rings is 1. The van der Waals surface area contributed by atoms with Gasteiger partial charge in [0.15, 0.2) is 0 Å². The van der Waals surface area contributed by atoms with Gasteiger partial charge in [-0.3, -0.25) is 9.69 Å². The van der Waals surface area contributed by atoms with Crippen LogP contribution in [-0.4, -0.2) is 43.5 Å². The molecule has 7 heteroatoms. The molecule has 1 unspecified atom stereocenters. The van der Waals surface area contributed by atoms with Gasteiger partial charge in [0.05, 0.1) is 6.04 Å². The van der Waals surface area contributed by atoms with E-state index < -0.39 is 0 Å². The molecule has 0 radical (unpaired) electrons. The van der Waals surface area contributed by atoms with Crippen LogP contribution in [0.4, 0.5) is 0 Å². The summed E-state index contributed by atoms with van der Waals surface area (Å²) >= 11 is 1.72. The molecule has 4 nitrogen and oxygen atoms in total. The summed E-state index contributed by atoms with van der Waals surface area (Å²) in [5, 5.41) is 10.9. The van der Waals surface area contributed by atoms with E-state index in [1.54, 1.807) is 11.3 Å². The van der Waals surface area contributed by atoms with Crippen LogP contribution in [-0.2, 0) is 4.79 Å². The molecule has 0 spiro atoms.